The van der Waals surface area contributed by atoms with E-state index in [2.05, 4.69) is 0 Å². The van der Waals surface area contributed by atoms with Crippen LogP contribution in [-0.4, -0.2) is 23.6 Å². The van der Waals surface area contributed by atoms with Crippen LogP contribution in [0.2, 0.25) is 0 Å². The fourth-order valence-electron chi connectivity index (χ4n) is 1.68. The summed E-state index contributed by atoms with van der Waals surface area (Å²) in [5, 5.41) is 10.5. The van der Waals surface area contributed by atoms with Gasteiger partial charge in [-0.1, -0.05) is 13.8 Å². The second-order valence-corrected chi connectivity index (χ2v) is 5.01. The molecule has 0 saturated carbocycles. The van der Waals surface area contributed by atoms with E-state index in [1.165, 1.54) is 13.8 Å². The number of aliphatic hydroxyl groups is 1. The maximum absolute atomic E-state index is 12.1. The summed E-state index contributed by atoms with van der Waals surface area (Å²) >= 11 is 0. The Balaban J connectivity index is 4.35. The lowest BCUT2D eigenvalue weighted by Crippen LogP contribution is -2.50. The van der Waals surface area contributed by atoms with Crippen LogP contribution in [0.3, 0.4) is 0 Å². The second kappa shape index (κ2) is 4.06. The number of alkyl halides is 3. The van der Waals surface area contributed by atoms with Gasteiger partial charge in [-0.3, -0.25) is 0 Å². The van der Waals surface area contributed by atoms with Crippen molar-refractivity contribution in [3.63, 3.8) is 0 Å². The predicted octanol–water partition coefficient (Wildman–Crippen LogP) is 2.28. The standard InChI is InChI=1S/C9H18F3NO/c1-7(2,6-14)5-8(3,4)13-9(10,11)12/h13-14H,5-6H2,1-4H3. The smallest absolute Gasteiger partial charge is 0.396 e. The molecule has 0 radical (unpaired) electrons. The average molecular weight is 213 g/mol. The molecule has 0 bridgehead atoms. The third-order valence-electron chi connectivity index (χ3n) is 1.83. The molecule has 14 heavy (non-hydrogen) atoms. The van der Waals surface area contributed by atoms with E-state index in [0.29, 0.717) is 0 Å². The first kappa shape index (κ1) is 13.7. The lowest BCUT2D eigenvalue weighted by Gasteiger charge is -2.35. The molecular weight excluding hydrogens is 195 g/mol. The van der Waals surface area contributed by atoms with Crippen LogP contribution >= 0.6 is 0 Å². The molecule has 0 aliphatic heterocycles. The van der Waals surface area contributed by atoms with Gasteiger partial charge >= 0.3 is 6.30 Å². The highest BCUT2D eigenvalue weighted by atomic mass is 19.4. The Labute approximate surface area is 82.5 Å². The molecule has 0 aromatic rings. The van der Waals surface area contributed by atoms with Gasteiger partial charge in [0.05, 0.1) is 0 Å². The fourth-order valence-corrected chi connectivity index (χ4v) is 1.68. The van der Waals surface area contributed by atoms with Crippen LogP contribution in [-0.2, 0) is 0 Å². The first-order chi connectivity index (χ1) is 5.97. The molecule has 0 unspecified atom stereocenters. The Morgan fingerprint density at radius 3 is 1.79 bits per heavy atom. The van der Waals surface area contributed by atoms with E-state index in [9.17, 15) is 13.2 Å². The van der Waals surface area contributed by atoms with Crippen LogP contribution in [0, 0.1) is 5.41 Å². The summed E-state index contributed by atoms with van der Waals surface area (Å²) in [4.78, 5) is 0. The van der Waals surface area contributed by atoms with Gasteiger partial charge in [-0.25, -0.2) is 5.32 Å². The van der Waals surface area contributed by atoms with Crippen LogP contribution in [0.1, 0.15) is 34.1 Å². The minimum absolute atomic E-state index is 0.129. The van der Waals surface area contributed by atoms with Crippen molar-refractivity contribution < 1.29 is 18.3 Å². The van der Waals surface area contributed by atoms with Crippen molar-refractivity contribution >= 4 is 0 Å². The van der Waals surface area contributed by atoms with E-state index in [1.807, 2.05) is 0 Å². The molecule has 0 aromatic carbocycles. The summed E-state index contributed by atoms with van der Waals surface area (Å²) < 4.78 is 36.2. The molecule has 0 aliphatic carbocycles. The molecule has 0 heterocycles. The normalized spacial score (nSPS) is 14.6. The highest BCUT2D eigenvalue weighted by Crippen LogP contribution is 2.29. The Morgan fingerprint density at radius 2 is 1.50 bits per heavy atom. The van der Waals surface area contributed by atoms with Gasteiger partial charge in [0.25, 0.3) is 0 Å². The lowest BCUT2D eigenvalue weighted by atomic mass is 9.81. The number of aliphatic hydroxyl groups excluding tert-OH is 1. The van der Waals surface area contributed by atoms with Crippen molar-refractivity contribution in [1.29, 1.82) is 0 Å². The molecule has 86 valence electrons. The van der Waals surface area contributed by atoms with E-state index in [4.69, 9.17) is 5.11 Å². The quantitative estimate of drug-likeness (QED) is 0.702. The van der Waals surface area contributed by atoms with E-state index in [1.54, 1.807) is 19.2 Å². The molecule has 2 N–H and O–H groups in total. The zero-order valence-corrected chi connectivity index (χ0v) is 9.00. The highest BCUT2D eigenvalue weighted by molar-refractivity contribution is 4.85. The Kier molecular flexibility index (Phi) is 3.98. The minimum atomic E-state index is -4.38. The largest absolute Gasteiger partial charge is 0.457 e. The van der Waals surface area contributed by atoms with Crippen molar-refractivity contribution in [3.05, 3.63) is 0 Å². The van der Waals surface area contributed by atoms with Crippen molar-refractivity contribution in [1.82, 2.24) is 5.32 Å². The van der Waals surface area contributed by atoms with Crippen molar-refractivity contribution in [3.8, 4) is 0 Å². The van der Waals surface area contributed by atoms with Gasteiger partial charge < -0.3 is 5.11 Å². The van der Waals surface area contributed by atoms with E-state index >= 15 is 0 Å². The van der Waals surface area contributed by atoms with Gasteiger partial charge in [0.15, 0.2) is 0 Å². The molecule has 0 spiro atoms. The first-order valence-electron chi connectivity index (χ1n) is 4.44. The third-order valence-corrected chi connectivity index (χ3v) is 1.83. The van der Waals surface area contributed by atoms with Gasteiger partial charge in [-0.2, -0.15) is 13.2 Å². The molecule has 5 heteroatoms. The van der Waals surface area contributed by atoms with Crippen LogP contribution in [0.4, 0.5) is 13.2 Å². The zero-order chi connectivity index (χ0) is 11.6. The number of rotatable bonds is 4. The molecule has 0 saturated heterocycles. The summed E-state index contributed by atoms with van der Waals surface area (Å²) in [5.74, 6) is 0. The molecule has 0 rings (SSSR count). The molecule has 0 atom stereocenters. The van der Waals surface area contributed by atoms with Crippen molar-refractivity contribution in [2.75, 3.05) is 6.61 Å². The van der Waals surface area contributed by atoms with Gasteiger partial charge in [-0.15, -0.1) is 0 Å². The van der Waals surface area contributed by atoms with E-state index in [0.717, 1.165) is 0 Å². The lowest BCUT2D eigenvalue weighted by molar-refractivity contribution is -0.175. The first-order valence-corrected chi connectivity index (χ1v) is 4.44. The van der Waals surface area contributed by atoms with Crippen LogP contribution in [0.25, 0.3) is 0 Å². The summed E-state index contributed by atoms with van der Waals surface area (Å²) in [6, 6.07) is 0. The van der Waals surface area contributed by atoms with Gasteiger partial charge in [0.2, 0.25) is 0 Å². The predicted molar refractivity (Wildman–Crippen MR) is 48.8 cm³/mol. The fraction of sp³-hybridized carbons (Fsp3) is 1.00. The summed E-state index contributed by atoms with van der Waals surface area (Å²) in [5.41, 5.74) is -1.58. The SMILES string of the molecule is CC(C)(CO)CC(C)(C)NC(F)(F)F. The number of nitrogens with one attached hydrogen (secondary N) is 1. The summed E-state index contributed by atoms with van der Waals surface area (Å²) in [6.07, 6.45) is -4.13. The summed E-state index contributed by atoms with van der Waals surface area (Å²) in [7, 11) is 0. The minimum Gasteiger partial charge on any atom is -0.396 e. The Bertz CT molecular complexity index is 187. The van der Waals surface area contributed by atoms with Crippen molar-refractivity contribution in [2.45, 2.75) is 46.0 Å². The van der Waals surface area contributed by atoms with Crippen LogP contribution < -0.4 is 5.32 Å². The topological polar surface area (TPSA) is 32.3 Å². The van der Waals surface area contributed by atoms with Gasteiger partial charge in [-0.05, 0) is 25.7 Å². The zero-order valence-electron chi connectivity index (χ0n) is 9.00. The van der Waals surface area contributed by atoms with Gasteiger partial charge in [0, 0.05) is 12.1 Å². The third kappa shape index (κ3) is 6.21. The maximum atomic E-state index is 12.1. The number of hydrogen-bond acceptors (Lipinski definition) is 2. The molecular formula is C9H18F3NO. The molecule has 0 amide bonds. The average Bonchev–Trinajstić information content (AvgIpc) is 1.78. The maximum Gasteiger partial charge on any atom is 0.457 e. The number of halogens is 3. The molecule has 2 nitrogen and oxygen atoms in total. The molecule has 0 aromatic heterocycles. The van der Waals surface area contributed by atoms with E-state index < -0.39 is 17.3 Å². The van der Waals surface area contributed by atoms with E-state index in [-0.39, 0.29) is 13.0 Å². The molecule has 0 fully saturated rings. The van der Waals surface area contributed by atoms with Gasteiger partial charge in [0.1, 0.15) is 0 Å². The summed E-state index contributed by atoms with van der Waals surface area (Å²) in [6.45, 7) is 6.27. The molecule has 0 aliphatic rings. The Hall–Kier alpha value is -0.290. The number of hydrogen-bond donors (Lipinski definition) is 2. The van der Waals surface area contributed by atoms with Crippen LogP contribution in [0.15, 0.2) is 0 Å². The monoisotopic (exact) mass is 213 g/mol. The van der Waals surface area contributed by atoms with Crippen LogP contribution in [0.5, 0.6) is 0 Å². The second-order valence-electron chi connectivity index (χ2n) is 5.01. The highest BCUT2D eigenvalue weighted by Gasteiger charge is 2.38. The van der Waals surface area contributed by atoms with Crippen molar-refractivity contribution in [2.24, 2.45) is 5.41 Å². The Morgan fingerprint density at radius 1 is 1.07 bits per heavy atom.